The van der Waals surface area contributed by atoms with E-state index in [4.69, 9.17) is 21.1 Å². The van der Waals surface area contributed by atoms with Crippen LogP contribution in [0.2, 0.25) is 5.02 Å². The number of nitrogens with zero attached hydrogens (tertiary/aromatic N) is 4. The van der Waals surface area contributed by atoms with Gasteiger partial charge >= 0.3 is 5.97 Å². The van der Waals surface area contributed by atoms with E-state index in [-0.39, 0.29) is 47.0 Å². The Balaban J connectivity index is 1.25. The van der Waals surface area contributed by atoms with Crippen LogP contribution in [-0.2, 0) is 24.3 Å². The first-order chi connectivity index (χ1) is 20.2. The molecule has 0 amide bonds. The number of ether oxygens (including phenoxy) is 2. The average Bonchev–Trinajstić information content (AvgIpc) is 3.28. The van der Waals surface area contributed by atoms with Gasteiger partial charge in [-0.15, -0.1) is 0 Å². The maximum absolute atomic E-state index is 15.4. The molecule has 0 radical (unpaired) electrons. The van der Waals surface area contributed by atoms with Gasteiger partial charge in [-0.2, -0.15) is 0 Å². The highest BCUT2D eigenvalue weighted by atomic mass is 35.5. The molecular weight excluding hydrogens is 573 g/mol. The lowest BCUT2D eigenvalue weighted by atomic mass is 10.1. The number of rotatable bonds is 9. The number of imidazole rings is 1. The molecule has 1 N–H and O–H groups in total. The van der Waals surface area contributed by atoms with E-state index in [1.165, 1.54) is 30.3 Å². The summed E-state index contributed by atoms with van der Waals surface area (Å²) in [6.45, 7) is 0.766. The number of fused-ring (bicyclic) bond motifs is 1. The summed E-state index contributed by atoms with van der Waals surface area (Å²) in [5.41, 5.74) is 1.91. The Bertz CT molecular complexity index is 1830. The van der Waals surface area contributed by atoms with Gasteiger partial charge in [0.15, 0.2) is 17.2 Å². The third kappa shape index (κ3) is 5.65. The number of carbonyl (C=O) groups is 1. The fraction of sp³-hybridized carbons (Fsp3) is 0.200. The molecule has 5 aromatic rings. The number of carboxylic acid groups (broad SMARTS) is 1. The zero-order chi connectivity index (χ0) is 29.4. The molecule has 4 heterocycles. The van der Waals surface area contributed by atoms with E-state index in [1.54, 1.807) is 22.8 Å². The highest BCUT2D eigenvalue weighted by Gasteiger charge is 2.24. The van der Waals surface area contributed by atoms with Crippen molar-refractivity contribution < 1.29 is 32.5 Å². The monoisotopic (exact) mass is 594 g/mol. The van der Waals surface area contributed by atoms with Crippen molar-refractivity contribution in [2.75, 3.05) is 6.61 Å². The van der Waals surface area contributed by atoms with Crippen LogP contribution in [-0.4, -0.2) is 43.3 Å². The SMILES string of the molecule is O=C(O)c1ccc2nc(Cc3ccc(-c4ccc(F)c(OCc5ccc(Cl)cc5F)n4)cc3F)n(C[C@@H]3CCO3)c2n1. The third-order valence-corrected chi connectivity index (χ3v) is 7.20. The van der Waals surface area contributed by atoms with Crippen LogP contribution >= 0.6 is 11.6 Å². The summed E-state index contributed by atoms with van der Waals surface area (Å²) in [5, 5.41) is 9.61. The standard InChI is InChI=1S/C30H22ClF3N4O4/c31-19-4-3-18(23(34)13-19)15-42-29-21(32)5-6-24(37-29)17-2-1-16(22(33)11-17)12-27-35-25-7-8-26(30(39)40)36-28(25)38(27)14-20-9-10-41-20/h1-8,11,13,20H,9-10,12,14-15H2,(H,39,40)/t20-/m0/s1. The Kier molecular flexibility index (Phi) is 7.53. The van der Waals surface area contributed by atoms with Gasteiger partial charge in [-0.25, -0.2) is 32.9 Å². The van der Waals surface area contributed by atoms with Crippen LogP contribution in [0.15, 0.2) is 60.7 Å². The molecule has 0 unspecified atom stereocenters. The van der Waals surface area contributed by atoms with E-state index in [9.17, 15) is 18.7 Å². The zero-order valence-corrected chi connectivity index (χ0v) is 22.6. The molecule has 0 aliphatic carbocycles. The van der Waals surface area contributed by atoms with Crippen LogP contribution in [0.25, 0.3) is 22.4 Å². The maximum Gasteiger partial charge on any atom is 0.354 e. The van der Waals surface area contributed by atoms with Gasteiger partial charge in [-0.3, -0.25) is 0 Å². The van der Waals surface area contributed by atoms with Gasteiger partial charge in [-0.05, 0) is 54.4 Å². The van der Waals surface area contributed by atoms with Crippen molar-refractivity contribution in [1.82, 2.24) is 19.5 Å². The smallest absolute Gasteiger partial charge is 0.354 e. The molecule has 12 heteroatoms. The van der Waals surface area contributed by atoms with E-state index in [1.807, 2.05) is 0 Å². The number of aromatic carboxylic acids is 1. The van der Waals surface area contributed by atoms with Gasteiger partial charge in [0.1, 0.15) is 29.6 Å². The molecule has 42 heavy (non-hydrogen) atoms. The van der Waals surface area contributed by atoms with Crippen molar-refractivity contribution in [3.8, 4) is 17.1 Å². The Morgan fingerprint density at radius 3 is 2.48 bits per heavy atom. The minimum atomic E-state index is -1.16. The Hall–Kier alpha value is -4.48. The minimum absolute atomic E-state index is 0.0687. The summed E-state index contributed by atoms with van der Waals surface area (Å²) in [6.07, 6.45) is 0.877. The van der Waals surface area contributed by atoms with Crippen LogP contribution in [0.5, 0.6) is 5.88 Å². The molecule has 1 saturated heterocycles. The summed E-state index contributed by atoms with van der Waals surface area (Å²) in [5.74, 6) is -2.89. The van der Waals surface area contributed by atoms with Crippen LogP contribution in [0.1, 0.15) is 33.9 Å². The number of hydrogen-bond acceptors (Lipinski definition) is 6. The molecule has 0 saturated carbocycles. The molecule has 1 fully saturated rings. The number of pyridine rings is 2. The number of carboxylic acids is 1. The highest BCUT2D eigenvalue weighted by molar-refractivity contribution is 6.30. The number of benzene rings is 2. The second kappa shape index (κ2) is 11.4. The van der Waals surface area contributed by atoms with Crippen LogP contribution in [0.3, 0.4) is 0 Å². The Labute approximate surface area is 242 Å². The molecule has 6 rings (SSSR count). The summed E-state index contributed by atoms with van der Waals surface area (Å²) < 4.78 is 56.7. The summed E-state index contributed by atoms with van der Waals surface area (Å²) in [6, 6.07) is 14.0. The van der Waals surface area contributed by atoms with E-state index < -0.39 is 23.4 Å². The summed E-state index contributed by atoms with van der Waals surface area (Å²) in [7, 11) is 0. The lowest BCUT2D eigenvalue weighted by molar-refractivity contribution is -0.0590. The van der Waals surface area contributed by atoms with Crippen molar-refractivity contribution in [2.24, 2.45) is 0 Å². The summed E-state index contributed by atoms with van der Waals surface area (Å²) >= 11 is 5.77. The molecular formula is C30H22ClF3N4O4. The largest absolute Gasteiger partial charge is 0.477 e. The van der Waals surface area contributed by atoms with Crippen molar-refractivity contribution in [2.45, 2.75) is 32.1 Å². The quantitative estimate of drug-likeness (QED) is 0.216. The predicted molar refractivity (Wildman–Crippen MR) is 147 cm³/mol. The molecule has 8 nitrogen and oxygen atoms in total. The van der Waals surface area contributed by atoms with Crippen LogP contribution < -0.4 is 4.74 Å². The second-order valence-electron chi connectivity index (χ2n) is 9.76. The maximum atomic E-state index is 15.4. The summed E-state index contributed by atoms with van der Waals surface area (Å²) in [4.78, 5) is 24.5. The van der Waals surface area contributed by atoms with Crippen molar-refractivity contribution in [3.63, 3.8) is 0 Å². The van der Waals surface area contributed by atoms with Gasteiger partial charge in [0, 0.05) is 29.2 Å². The zero-order valence-electron chi connectivity index (χ0n) is 21.9. The average molecular weight is 595 g/mol. The molecule has 214 valence electrons. The Morgan fingerprint density at radius 1 is 0.976 bits per heavy atom. The molecule has 1 aliphatic rings. The molecule has 0 spiro atoms. The minimum Gasteiger partial charge on any atom is -0.477 e. The second-order valence-corrected chi connectivity index (χ2v) is 10.2. The van der Waals surface area contributed by atoms with Gasteiger partial charge in [-0.1, -0.05) is 29.8 Å². The normalized spacial score (nSPS) is 14.6. The van der Waals surface area contributed by atoms with Crippen molar-refractivity contribution in [3.05, 3.63) is 106 Å². The van der Waals surface area contributed by atoms with Gasteiger partial charge in [0.25, 0.3) is 5.88 Å². The molecule has 1 atom stereocenters. The molecule has 1 aliphatic heterocycles. The van der Waals surface area contributed by atoms with E-state index in [0.29, 0.717) is 41.3 Å². The molecule has 3 aromatic heterocycles. The van der Waals surface area contributed by atoms with E-state index in [0.717, 1.165) is 18.6 Å². The van der Waals surface area contributed by atoms with Crippen molar-refractivity contribution in [1.29, 1.82) is 0 Å². The Morgan fingerprint density at radius 2 is 1.76 bits per heavy atom. The molecule has 2 aromatic carbocycles. The fourth-order valence-electron chi connectivity index (χ4n) is 4.62. The first-order valence-electron chi connectivity index (χ1n) is 13.0. The lowest BCUT2D eigenvalue weighted by Gasteiger charge is -2.27. The van der Waals surface area contributed by atoms with Gasteiger partial charge < -0.3 is 19.1 Å². The molecule has 0 bridgehead atoms. The van der Waals surface area contributed by atoms with Crippen molar-refractivity contribution >= 4 is 28.7 Å². The number of aromatic nitrogens is 4. The van der Waals surface area contributed by atoms with E-state index in [2.05, 4.69) is 15.0 Å². The number of halogens is 4. The van der Waals surface area contributed by atoms with Gasteiger partial charge in [0.2, 0.25) is 0 Å². The highest BCUT2D eigenvalue weighted by Crippen LogP contribution is 2.27. The fourth-order valence-corrected chi connectivity index (χ4v) is 4.78. The lowest BCUT2D eigenvalue weighted by Crippen LogP contribution is -2.32. The number of hydrogen-bond donors (Lipinski definition) is 1. The van der Waals surface area contributed by atoms with Gasteiger partial charge in [0.05, 0.1) is 18.3 Å². The van der Waals surface area contributed by atoms with Crippen LogP contribution in [0.4, 0.5) is 13.2 Å². The predicted octanol–water partition coefficient (Wildman–Crippen LogP) is 6.22. The topological polar surface area (TPSA) is 99.4 Å². The first-order valence-corrected chi connectivity index (χ1v) is 13.4. The van der Waals surface area contributed by atoms with E-state index >= 15 is 4.39 Å². The van der Waals surface area contributed by atoms with Crippen LogP contribution in [0, 0.1) is 17.5 Å². The first kappa shape index (κ1) is 27.7. The third-order valence-electron chi connectivity index (χ3n) is 6.96.